The lowest BCUT2D eigenvalue weighted by molar-refractivity contribution is -0.384. The van der Waals surface area contributed by atoms with Crippen molar-refractivity contribution in [3.05, 3.63) is 38.9 Å². The smallest absolute Gasteiger partial charge is 0.269 e. The molecule has 19 heavy (non-hydrogen) atoms. The van der Waals surface area contributed by atoms with Gasteiger partial charge in [0.05, 0.1) is 4.92 Å². The fourth-order valence-electron chi connectivity index (χ4n) is 2.42. The zero-order valence-electron chi connectivity index (χ0n) is 11.1. The molecule has 1 saturated heterocycles. The standard InChI is InChI=1S/C13H18ClN3O2/c1-13(2)9-16(6-5-15-13)8-10-7-11(17(18)19)3-4-12(10)14/h3-4,7,15H,5-6,8-9H2,1-2H3. The molecule has 1 N–H and O–H groups in total. The number of hydrogen-bond donors (Lipinski definition) is 1. The van der Waals surface area contributed by atoms with E-state index in [-0.39, 0.29) is 16.1 Å². The molecular weight excluding hydrogens is 266 g/mol. The molecule has 0 unspecified atom stereocenters. The van der Waals surface area contributed by atoms with Crippen molar-refractivity contribution in [2.75, 3.05) is 19.6 Å². The summed E-state index contributed by atoms with van der Waals surface area (Å²) in [5.74, 6) is 0. The fourth-order valence-corrected chi connectivity index (χ4v) is 2.60. The maximum absolute atomic E-state index is 10.8. The Morgan fingerprint density at radius 1 is 1.53 bits per heavy atom. The van der Waals surface area contributed by atoms with Crippen molar-refractivity contribution in [3.8, 4) is 0 Å². The first-order chi connectivity index (χ1) is 8.87. The molecule has 6 heteroatoms. The van der Waals surface area contributed by atoms with E-state index in [0.717, 1.165) is 25.2 Å². The Bertz CT molecular complexity index is 491. The van der Waals surface area contributed by atoms with Crippen LogP contribution in [0.2, 0.25) is 5.02 Å². The van der Waals surface area contributed by atoms with Crippen molar-refractivity contribution in [2.45, 2.75) is 25.9 Å². The van der Waals surface area contributed by atoms with E-state index in [0.29, 0.717) is 11.6 Å². The average Bonchev–Trinajstić information content (AvgIpc) is 2.30. The van der Waals surface area contributed by atoms with E-state index in [4.69, 9.17) is 11.6 Å². The highest BCUT2D eigenvalue weighted by molar-refractivity contribution is 6.31. The average molecular weight is 284 g/mol. The minimum Gasteiger partial charge on any atom is -0.309 e. The molecule has 1 aromatic rings. The van der Waals surface area contributed by atoms with Gasteiger partial charge >= 0.3 is 0 Å². The van der Waals surface area contributed by atoms with Crippen LogP contribution in [0.4, 0.5) is 5.69 Å². The van der Waals surface area contributed by atoms with Crippen LogP contribution in [0.15, 0.2) is 18.2 Å². The summed E-state index contributed by atoms with van der Waals surface area (Å²) in [6.45, 7) is 7.67. The molecule has 1 heterocycles. The minimum atomic E-state index is -0.387. The van der Waals surface area contributed by atoms with Crippen LogP contribution >= 0.6 is 11.6 Å². The lowest BCUT2D eigenvalue weighted by atomic mass is 10.0. The summed E-state index contributed by atoms with van der Waals surface area (Å²) in [7, 11) is 0. The second-order valence-electron chi connectivity index (χ2n) is 5.55. The number of rotatable bonds is 3. The molecule has 0 aliphatic carbocycles. The number of benzene rings is 1. The quantitative estimate of drug-likeness (QED) is 0.684. The van der Waals surface area contributed by atoms with E-state index in [2.05, 4.69) is 24.1 Å². The molecule has 0 spiro atoms. The van der Waals surface area contributed by atoms with Gasteiger partial charge in [0.25, 0.3) is 5.69 Å². The zero-order valence-corrected chi connectivity index (χ0v) is 11.9. The Morgan fingerprint density at radius 2 is 2.26 bits per heavy atom. The maximum Gasteiger partial charge on any atom is 0.269 e. The van der Waals surface area contributed by atoms with Gasteiger partial charge in [0.1, 0.15) is 0 Å². The summed E-state index contributed by atoms with van der Waals surface area (Å²) in [6.07, 6.45) is 0. The Hall–Kier alpha value is -1.17. The van der Waals surface area contributed by atoms with E-state index >= 15 is 0 Å². The third-order valence-corrected chi connectivity index (χ3v) is 3.65. The Labute approximate surface area is 117 Å². The molecule has 0 aromatic heterocycles. The van der Waals surface area contributed by atoms with Gasteiger partial charge in [-0.05, 0) is 25.5 Å². The molecule has 5 nitrogen and oxygen atoms in total. The first kappa shape index (κ1) is 14.2. The van der Waals surface area contributed by atoms with Crippen LogP contribution < -0.4 is 5.32 Å². The number of nitro benzene ring substituents is 1. The van der Waals surface area contributed by atoms with Crippen LogP contribution in [0.5, 0.6) is 0 Å². The fraction of sp³-hybridized carbons (Fsp3) is 0.538. The van der Waals surface area contributed by atoms with Crippen LogP contribution in [-0.4, -0.2) is 35.0 Å². The summed E-state index contributed by atoms with van der Waals surface area (Å²) in [5.41, 5.74) is 0.966. The highest BCUT2D eigenvalue weighted by atomic mass is 35.5. The molecule has 0 bridgehead atoms. The van der Waals surface area contributed by atoms with E-state index < -0.39 is 0 Å². The Kier molecular flexibility index (Phi) is 4.08. The molecule has 1 aromatic carbocycles. The number of non-ortho nitro benzene ring substituents is 1. The van der Waals surface area contributed by atoms with Crippen LogP contribution in [0, 0.1) is 10.1 Å². The number of nitrogens with one attached hydrogen (secondary N) is 1. The minimum absolute atomic E-state index is 0.0610. The van der Waals surface area contributed by atoms with Gasteiger partial charge in [-0.15, -0.1) is 0 Å². The molecule has 1 aliphatic rings. The van der Waals surface area contributed by atoms with Crippen molar-refractivity contribution >= 4 is 17.3 Å². The molecule has 0 atom stereocenters. The summed E-state index contributed by atoms with van der Waals surface area (Å²) in [4.78, 5) is 12.7. The first-order valence-electron chi connectivity index (χ1n) is 6.28. The Balaban J connectivity index is 2.14. The van der Waals surface area contributed by atoms with Crippen molar-refractivity contribution in [1.29, 1.82) is 0 Å². The summed E-state index contributed by atoms with van der Waals surface area (Å²) < 4.78 is 0. The predicted octanol–water partition coefficient (Wildman–Crippen LogP) is 2.43. The molecule has 0 radical (unpaired) electrons. The van der Waals surface area contributed by atoms with Crippen LogP contribution in [0.3, 0.4) is 0 Å². The van der Waals surface area contributed by atoms with E-state index in [9.17, 15) is 10.1 Å². The second-order valence-corrected chi connectivity index (χ2v) is 5.96. The van der Waals surface area contributed by atoms with Gasteiger partial charge in [0, 0.05) is 48.9 Å². The number of halogens is 1. The molecule has 104 valence electrons. The number of nitro groups is 1. The van der Waals surface area contributed by atoms with Gasteiger partial charge in [0.15, 0.2) is 0 Å². The van der Waals surface area contributed by atoms with Gasteiger partial charge in [-0.25, -0.2) is 0 Å². The van der Waals surface area contributed by atoms with Gasteiger partial charge < -0.3 is 5.32 Å². The predicted molar refractivity (Wildman–Crippen MR) is 75.5 cm³/mol. The van der Waals surface area contributed by atoms with Crippen molar-refractivity contribution in [1.82, 2.24) is 10.2 Å². The molecule has 1 aliphatic heterocycles. The summed E-state index contributed by atoms with van der Waals surface area (Å²) in [5, 5.41) is 14.8. The molecule has 2 rings (SSSR count). The van der Waals surface area contributed by atoms with Gasteiger partial charge in [-0.3, -0.25) is 15.0 Å². The zero-order chi connectivity index (χ0) is 14.0. The van der Waals surface area contributed by atoms with E-state index in [1.54, 1.807) is 12.1 Å². The first-order valence-corrected chi connectivity index (χ1v) is 6.65. The SMILES string of the molecule is CC1(C)CN(Cc2cc([N+](=O)[O-])ccc2Cl)CCN1. The third kappa shape index (κ3) is 3.65. The maximum atomic E-state index is 10.8. The van der Waals surface area contributed by atoms with Gasteiger partial charge in [0.2, 0.25) is 0 Å². The highest BCUT2D eigenvalue weighted by Gasteiger charge is 2.26. The van der Waals surface area contributed by atoms with Crippen molar-refractivity contribution < 1.29 is 4.92 Å². The van der Waals surface area contributed by atoms with Crippen molar-refractivity contribution in [3.63, 3.8) is 0 Å². The van der Waals surface area contributed by atoms with Crippen LogP contribution in [-0.2, 0) is 6.54 Å². The Morgan fingerprint density at radius 3 is 2.89 bits per heavy atom. The molecular formula is C13H18ClN3O2. The van der Waals surface area contributed by atoms with E-state index in [1.165, 1.54) is 6.07 Å². The topological polar surface area (TPSA) is 58.4 Å². The van der Waals surface area contributed by atoms with Crippen LogP contribution in [0.1, 0.15) is 19.4 Å². The highest BCUT2D eigenvalue weighted by Crippen LogP contribution is 2.24. The largest absolute Gasteiger partial charge is 0.309 e. The van der Waals surface area contributed by atoms with E-state index in [1.807, 2.05) is 0 Å². The molecule has 1 fully saturated rings. The molecule has 0 amide bonds. The third-order valence-electron chi connectivity index (χ3n) is 3.28. The number of hydrogen-bond acceptors (Lipinski definition) is 4. The lowest BCUT2D eigenvalue weighted by Gasteiger charge is -2.39. The molecule has 0 saturated carbocycles. The van der Waals surface area contributed by atoms with Crippen LogP contribution in [0.25, 0.3) is 0 Å². The number of nitrogens with zero attached hydrogens (tertiary/aromatic N) is 2. The number of piperazine rings is 1. The van der Waals surface area contributed by atoms with Crippen molar-refractivity contribution in [2.24, 2.45) is 0 Å². The lowest BCUT2D eigenvalue weighted by Crippen LogP contribution is -2.56. The van der Waals surface area contributed by atoms with Gasteiger partial charge in [-0.1, -0.05) is 11.6 Å². The summed E-state index contributed by atoms with van der Waals surface area (Å²) >= 11 is 6.13. The summed E-state index contributed by atoms with van der Waals surface area (Å²) in [6, 6.07) is 4.60. The second kappa shape index (κ2) is 5.45. The normalized spacial score (nSPS) is 19.3. The monoisotopic (exact) mass is 283 g/mol. The van der Waals surface area contributed by atoms with Gasteiger partial charge in [-0.2, -0.15) is 0 Å².